The summed E-state index contributed by atoms with van der Waals surface area (Å²) in [5.74, 6) is -0.221. The molecule has 2 aliphatic rings. The fourth-order valence-electron chi connectivity index (χ4n) is 2.20. The molecule has 2 atom stereocenters. The van der Waals surface area contributed by atoms with Crippen molar-refractivity contribution in [3.05, 3.63) is 125 Å². The Labute approximate surface area is 238 Å². The number of esters is 1. The van der Waals surface area contributed by atoms with Gasteiger partial charge in [-0.1, -0.05) is 55.5 Å². The van der Waals surface area contributed by atoms with Crippen molar-refractivity contribution in [2.75, 3.05) is 0 Å². The Balaban J connectivity index is 0. The third-order valence-electron chi connectivity index (χ3n) is 4.11. The summed E-state index contributed by atoms with van der Waals surface area (Å²) in [6.07, 6.45) is 25.5. The minimum Gasteiger partial charge on any atom is -0.461 e. The number of halogens is 1. The number of allylic oxidation sites excluding steroid dienone is 1. The van der Waals surface area contributed by atoms with Crippen LogP contribution < -0.4 is 18.6 Å². The summed E-state index contributed by atoms with van der Waals surface area (Å²) in [6, 6.07) is 9.58. The molecule has 0 aromatic heterocycles. The smallest absolute Gasteiger partial charge is 0.306 e. The summed E-state index contributed by atoms with van der Waals surface area (Å²) in [4.78, 5) is 11.5. The van der Waals surface area contributed by atoms with Crippen LogP contribution >= 0.6 is 0 Å². The number of benzene rings is 1. The van der Waals surface area contributed by atoms with Gasteiger partial charge >= 0.3 is 5.97 Å². The Morgan fingerprint density at radius 2 is 1.36 bits per heavy atom. The maximum atomic E-state index is 11.5. The second kappa shape index (κ2) is 24.5. The first-order valence-corrected chi connectivity index (χ1v) is 12.0. The van der Waals surface area contributed by atoms with E-state index in [4.69, 9.17) is 23.4 Å². The number of carbonyl (C=O) groups is 1. The van der Waals surface area contributed by atoms with Crippen LogP contribution in [0.15, 0.2) is 55.1 Å². The van der Waals surface area contributed by atoms with Gasteiger partial charge in [0.2, 0.25) is 0 Å². The van der Waals surface area contributed by atoms with E-state index in [1.165, 1.54) is 0 Å². The van der Waals surface area contributed by atoms with Crippen LogP contribution in [0.4, 0.5) is 0 Å². The molecule has 1 aromatic carbocycles. The van der Waals surface area contributed by atoms with Gasteiger partial charge in [-0.15, -0.1) is 16.8 Å². The molecule has 9 heteroatoms. The van der Waals surface area contributed by atoms with Crippen molar-refractivity contribution >= 4 is 5.97 Å². The van der Waals surface area contributed by atoms with Crippen molar-refractivity contribution in [3.63, 3.8) is 0 Å². The second-order valence-corrected chi connectivity index (χ2v) is 7.76. The SMILES string of the molecule is C=CC(C)C(O)/C=C/CCC(=O)OCc1ccccc1.[CH]1[CH][CH][CH][CH]1.[CH]1[CH][CH][CH][CH]1.[O-][Cl+3]([O-])([O-])[O-].[Zr]. The molecule has 2 fully saturated rings. The summed E-state index contributed by atoms with van der Waals surface area (Å²) in [5, 5.41) is 9.66. The molecular formula is C27H32ClO7Zr-. The van der Waals surface area contributed by atoms with Crippen molar-refractivity contribution in [1.82, 2.24) is 0 Å². The average Bonchev–Trinajstić information content (AvgIpc) is 3.58. The Hall–Kier alpha value is -0.857. The van der Waals surface area contributed by atoms with E-state index in [1.807, 2.05) is 101 Å². The van der Waals surface area contributed by atoms with E-state index >= 15 is 0 Å². The molecule has 2 unspecified atom stereocenters. The van der Waals surface area contributed by atoms with Crippen LogP contribution in [-0.2, 0) is 42.3 Å². The van der Waals surface area contributed by atoms with Gasteiger partial charge in [-0.05, 0) is 76.2 Å². The summed E-state index contributed by atoms with van der Waals surface area (Å²) < 4.78 is 39.1. The van der Waals surface area contributed by atoms with Crippen LogP contribution in [0.2, 0.25) is 0 Å². The van der Waals surface area contributed by atoms with Crippen LogP contribution in [-0.4, -0.2) is 17.2 Å². The van der Waals surface area contributed by atoms with Crippen LogP contribution in [0.1, 0.15) is 25.3 Å². The molecule has 0 bridgehead atoms. The fourth-order valence-corrected chi connectivity index (χ4v) is 2.20. The van der Waals surface area contributed by atoms with E-state index in [-0.39, 0.29) is 38.1 Å². The van der Waals surface area contributed by atoms with E-state index in [9.17, 15) is 9.90 Å². The van der Waals surface area contributed by atoms with Gasteiger partial charge in [0.1, 0.15) is 6.61 Å². The number of hydrogen-bond donors (Lipinski definition) is 1. The largest absolute Gasteiger partial charge is 0.461 e. The first kappa shape index (κ1) is 37.3. The van der Waals surface area contributed by atoms with Crippen LogP contribution in [0.25, 0.3) is 0 Å². The predicted molar refractivity (Wildman–Crippen MR) is 123 cm³/mol. The van der Waals surface area contributed by atoms with Gasteiger partial charge in [0.15, 0.2) is 0 Å². The van der Waals surface area contributed by atoms with Crippen molar-refractivity contribution in [1.29, 1.82) is 0 Å². The zero-order valence-corrected chi connectivity index (χ0v) is 23.4. The standard InChI is InChI=1S/C17H22O3.2C5H5.ClHO4.Zr/c1-3-14(2)16(18)11-7-8-12-17(19)20-13-15-9-5-4-6-10-15;2*1-2-4-5-3-1;2-1(3,4)5;/h3-7,9-11,14,16,18H,1,8,12-13H2,2H3;2*1-5H;(H,2,3,4,5);/p-1/b11-7+;;;;. The number of aliphatic hydroxyl groups excluding tert-OH is 1. The number of ether oxygens (including phenoxy) is 1. The quantitative estimate of drug-likeness (QED) is 0.342. The molecule has 0 saturated heterocycles. The Morgan fingerprint density at radius 3 is 1.75 bits per heavy atom. The third kappa shape index (κ3) is 27.7. The molecule has 3 rings (SSSR count). The molecule has 7 nitrogen and oxygen atoms in total. The number of carbonyl (C=O) groups excluding carboxylic acids is 1. The van der Waals surface area contributed by atoms with E-state index in [2.05, 4.69) is 6.58 Å². The minimum atomic E-state index is -4.94. The molecule has 36 heavy (non-hydrogen) atoms. The van der Waals surface area contributed by atoms with Crippen molar-refractivity contribution in [3.8, 4) is 0 Å². The van der Waals surface area contributed by atoms with Gasteiger partial charge < -0.3 is 9.84 Å². The molecule has 2 saturated carbocycles. The summed E-state index contributed by atoms with van der Waals surface area (Å²) in [5.41, 5.74) is 0.978. The average molecular weight is 595 g/mol. The summed E-state index contributed by atoms with van der Waals surface area (Å²) >= 11 is 0. The molecule has 1 N–H and O–H groups in total. The zero-order valence-electron chi connectivity index (χ0n) is 20.2. The molecular weight excluding hydrogens is 563 g/mol. The van der Waals surface area contributed by atoms with Crippen LogP contribution in [0.5, 0.6) is 0 Å². The van der Waals surface area contributed by atoms with Crippen molar-refractivity contribution in [2.24, 2.45) is 5.92 Å². The van der Waals surface area contributed by atoms with Crippen molar-refractivity contribution < 1.29 is 69.7 Å². The maximum absolute atomic E-state index is 11.5. The van der Waals surface area contributed by atoms with Gasteiger partial charge in [-0.3, -0.25) is 4.79 Å². The van der Waals surface area contributed by atoms with Crippen LogP contribution in [0, 0.1) is 80.4 Å². The fraction of sp³-hybridized carbons (Fsp3) is 0.222. The molecule has 0 amide bonds. The van der Waals surface area contributed by atoms with Crippen molar-refractivity contribution in [2.45, 2.75) is 32.5 Å². The summed E-state index contributed by atoms with van der Waals surface area (Å²) in [7, 11) is -4.94. The Kier molecular flexibility index (Phi) is 25.4. The van der Waals surface area contributed by atoms with E-state index in [1.54, 1.807) is 18.2 Å². The summed E-state index contributed by atoms with van der Waals surface area (Å²) in [6.45, 7) is 5.81. The zero-order chi connectivity index (χ0) is 26.4. The first-order chi connectivity index (χ1) is 16.6. The molecule has 2 aliphatic carbocycles. The minimum absolute atomic E-state index is 0. The molecule has 0 heterocycles. The van der Waals surface area contributed by atoms with E-state index in [0.717, 1.165) is 5.56 Å². The van der Waals surface area contributed by atoms with Gasteiger partial charge in [-0.25, -0.2) is 18.6 Å². The molecule has 1 aromatic rings. The van der Waals surface area contributed by atoms with Gasteiger partial charge in [0, 0.05) is 38.5 Å². The molecule has 194 valence electrons. The molecule has 0 aliphatic heterocycles. The maximum Gasteiger partial charge on any atom is 0.306 e. The van der Waals surface area contributed by atoms with Gasteiger partial charge in [0.05, 0.1) is 6.10 Å². The number of rotatable bonds is 8. The van der Waals surface area contributed by atoms with E-state index in [0.29, 0.717) is 19.4 Å². The predicted octanol–water partition coefficient (Wildman–Crippen LogP) is 0.534. The van der Waals surface area contributed by atoms with Crippen LogP contribution in [0.3, 0.4) is 0 Å². The second-order valence-electron chi connectivity index (χ2n) is 7.00. The van der Waals surface area contributed by atoms with Gasteiger partial charge in [-0.2, -0.15) is 0 Å². The van der Waals surface area contributed by atoms with Gasteiger partial charge in [0.25, 0.3) is 0 Å². The number of aliphatic hydroxyl groups is 1. The molecule has 0 spiro atoms. The Morgan fingerprint density at radius 1 is 0.944 bits per heavy atom. The third-order valence-corrected chi connectivity index (χ3v) is 4.11. The Bertz CT molecular complexity index is 641. The number of hydrogen-bond acceptors (Lipinski definition) is 7. The normalized spacial score (nSPS) is 16.1. The topological polar surface area (TPSA) is 139 Å². The first-order valence-electron chi connectivity index (χ1n) is 10.8. The monoisotopic (exact) mass is 593 g/mol. The molecule has 10 radical (unpaired) electrons. The van der Waals surface area contributed by atoms with E-state index < -0.39 is 16.3 Å².